The van der Waals surface area contributed by atoms with E-state index in [-0.39, 0.29) is 6.61 Å². The third-order valence-corrected chi connectivity index (χ3v) is 2.22. The first kappa shape index (κ1) is 13.2. The van der Waals surface area contributed by atoms with Gasteiger partial charge in [-0.05, 0) is 23.3 Å². The van der Waals surface area contributed by atoms with Crippen molar-refractivity contribution in [1.82, 2.24) is 9.59 Å². The maximum absolute atomic E-state index is 8.67. The standard InChI is InChI=1S/C3H7O2PS2.C2H2N2S/c1-2-3-5-6(4,7)8;1-2-5-4-3-1/h2H,1,3H2,(H2,4,7,8);1-2H. The van der Waals surface area contributed by atoms with Gasteiger partial charge in [-0.25, -0.2) is 0 Å². The van der Waals surface area contributed by atoms with E-state index in [2.05, 4.69) is 44.7 Å². The lowest BCUT2D eigenvalue weighted by atomic mass is 10.7. The summed E-state index contributed by atoms with van der Waals surface area (Å²) in [6.07, 6.45) is 3.16. The van der Waals surface area contributed by atoms with E-state index in [1.165, 1.54) is 17.6 Å². The zero-order valence-electron chi connectivity index (χ0n) is 6.61. The maximum Gasteiger partial charge on any atom is 0.241 e. The lowest BCUT2D eigenvalue weighted by molar-refractivity contribution is 0.361. The normalized spacial score (nSPS) is 13.7. The van der Waals surface area contributed by atoms with Gasteiger partial charge in [-0.1, -0.05) is 22.8 Å². The highest BCUT2D eigenvalue weighted by Gasteiger charge is 2.01. The van der Waals surface area contributed by atoms with Crippen molar-refractivity contribution in [3.63, 3.8) is 0 Å². The fourth-order valence-corrected chi connectivity index (χ4v) is 1.24. The van der Waals surface area contributed by atoms with Crippen molar-refractivity contribution in [2.24, 2.45) is 0 Å². The number of hydrogen-bond donors (Lipinski definition) is 2. The molecule has 13 heavy (non-hydrogen) atoms. The van der Waals surface area contributed by atoms with Crippen LogP contribution in [-0.2, 0) is 16.3 Å². The highest BCUT2D eigenvalue weighted by atomic mass is 32.9. The van der Waals surface area contributed by atoms with Crippen molar-refractivity contribution >= 4 is 41.3 Å². The Morgan fingerprint density at radius 3 is 2.69 bits per heavy atom. The van der Waals surface area contributed by atoms with Crippen molar-refractivity contribution < 1.29 is 9.42 Å². The van der Waals surface area contributed by atoms with Gasteiger partial charge in [-0.15, -0.1) is 11.7 Å². The molecule has 1 aromatic rings. The van der Waals surface area contributed by atoms with Crippen LogP contribution in [0.2, 0.25) is 0 Å². The van der Waals surface area contributed by atoms with Crippen molar-refractivity contribution in [2.45, 2.75) is 0 Å². The van der Waals surface area contributed by atoms with Gasteiger partial charge in [0.25, 0.3) is 0 Å². The number of thiol groups is 1. The molecule has 1 heterocycles. The van der Waals surface area contributed by atoms with Gasteiger partial charge in [0.2, 0.25) is 5.69 Å². The molecule has 1 atom stereocenters. The van der Waals surface area contributed by atoms with Crippen LogP contribution in [0.3, 0.4) is 0 Å². The quantitative estimate of drug-likeness (QED) is 0.491. The zero-order valence-corrected chi connectivity index (χ0v) is 10.0. The fraction of sp³-hybridized carbons (Fsp3) is 0.200. The molecular weight excluding hydrogens is 247 g/mol. The minimum absolute atomic E-state index is 0.261. The second-order valence-electron chi connectivity index (χ2n) is 1.66. The first-order valence-electron chi connectivity index (χ1n) is 3.08. The van der Waals surface area contributed by atoms with Crippen LogP contribution in [0.25, 0.3) is 0 Å². The van der Waals surface area contributed by atoms with Crippen molar-refractivity contribution in [1.29, 1.82) is 0 Å². The molecule has 74 valence electrons. The van der Waals surface area contributed by atoms with Crippen LogP contribution < -0.4 is 0 Å². The third-order valence-electron chi connectivity index (χ3n) is 0.643. The van der Waals surface area contributed by atoms with Gasteiger partial charge in [0.1, 0.15) is 0 Å². The van der Waals surface area contributed by atoms with Crippen LogP contribution >= 0.6 is 29.5 Å². The SMILES string of the molecule is C=CCOP(O)(=S)S.c1csnn1. The zero-order chi connectivity index (χ0) is 10.2. The molecule has 0 radical (unpaired) electrons. The Hall–Kier alpha value is 0.220. The largest absolute Gasteiger partial charge is 0.338 e. The minimum Gasteiger partial charge on any atom is -0.338 e. The molecule has 1 N–H and O–H groups in total. The molecule has 1 aromatic heterocycles. The van der Waals surface area contributed by atoms with E-state index in [1.807, 2.05) is 5.38 Å². The van der Waals surface area contributed by atoms with Gasteiger partial charge in [0.15, 0.2) is 0 Å². The Morgan fingerprint density at radius 2 is 2.54 bits per heavy atom. The number of nitrogens with zero attached hydrogens (tertiary/aromatic N) is 2. The summed E-state index contributed by atoms with van der Waals surface area (Å²) in [5, 5.41) is 5.31. The number of hydrogen-bond acceptors (Lipinski definition) is 5. The predicted molar refractivity (Wildman–Crippen MR) is 61.5 cm³/mol. The fourth-order valence-electron chi connectivity index (χ4n) is 0.286. The molecule has 0 spiro atoms. The van der Waals surface area contributed by atoms with Crippen LogP contribution in [0.4, 0.5) is 0 Å². The average molecular weight is 256 g/mol. The topological polar surface area (TPSA) is 55.2 Å². The first-order valence-corrected chi connectivity index (χ1v) is 7.74. The highest BCUT2D eigenvalue weighted by Crippen LogP contribution is 2.46. The Bertz CT molecular complexity index is 244. The molecule has 0 bridgehead atoms. The summed E-state index contributed by atoms with van der Waals surface area (Å²) in [4.78, 5) is 8.67. The van der Waals surface area contributed by atoms with Crippen molar-refractivity contribution in [3.8, 4) is 0 Å². The van der Waals surface area contributed by atoms with Gasteiger partial charge in [-0.2, -0.15) is 0 Å². The second kappa shape index (κ2) is 7.61. The summed E-state index contributed by atoms with van der Waals surface area (Å²) in [5.41, 5.74) is -2.73. The molecule has 1 unspecified atom stereocenters. The Morgan fingerprint density at radius 1 is 1.85 bits per heavy atom. The molecule has 8 heteroatoms. The van der Waals surface area contributed by atoms with Gasteiger partial charge in [0, 0.05) is 5.38 Å². The molecule has 0 fully saturated rings. The van der Waals surface area contributed by atoms with Gasteiger partial charge >= 0.3 is 0 Å². The third kappa shape index (κ3) is 12.2. The molecule has 0 saturated heterocycles. The first-order chi connectivity index (χ1) is 6.06. The van der Waals surface area contributed by atoms with Crippen LogP contribution in [0.15, 0.2) is 24.2 Å². The summed E-state index contributed by atoms with van der Waals surface area (Å²) < 4.78 is 8.12. The summed E-state index contributed by atoms with van der Waals surface area (Å²) in [6, 6.07) is 0. The molecule has 0 aromatic carbocycles. The van der Waals surface area contributed by atoms with Crippen molar-refractivity contribution in [3.05, 3.63) is 24.2 Å². The number of aromatic nitrogens is 2. The van der Waals surface area contributed by atoms with Gasteiger partial charge in [0.05, 0.1) is 12.8 Å². The Kier molecular flexibility index (Phi) is 7.74. The summed E-state index contributed by atoms with van der Waals surface area (Å²) in [6.45, 7) is 3.63. The molecule has 0 amide bonds. The monoisotopic (exact) mass is 256 g/mol. The van der Waals surface area contributed by atoms with E-state index in [0.29, 0.717) is 0 Å². The van der Waals surface area contributed by atoms with E-state index >= 15 is 0 Å². The van der Waals surface area contributed by atoms with E-state index in [4.69, 9.17) is 4.89 Å². The summed E-state index contributed by atoms with van der Waals surface area (Å²) in [5.74, 6) is 0. The molecule has 0 aliphatic rings. The summed E-state index contributed by atoms with van der Waals surface area (Å²) in [7, 11) is 0. The minimum atomic E-state index is -2.73. The molecule has 0 aliphatic heterocycles. The van der Waals surface area contributed by atoms with Crippen LogP contribution in [0, 0.1) is 0 Å². The Labute approximate surface area is 91.1 Å². The summed E-state index contributed by atoms with van der Waals surface area (Å²) >= 11 is 9.36. The average Bonchev–Trinajstić information content (AvgIpc) is 2.56. The van der Waals surface area contributed by atoms with Crippen LogP contribution in [-0.4, -0.2) is 21.1 Å². The smallest absolute Gasteiger partial charge is 0.241 e. The van der Waals surface area contributed by atoms with Crippen LogP contribution in [0.5, 0.6) is 0 Å². The Balaban J connectivity index is 0.000000243. The maximum atomic E-state index is 8.67. The lowest BCUT2D eigenvalue weighted by Crippen LogP contribution is -1.81. The van der Waals surface area contributed by atoms with Gasteiger partial charge < -0.3 is 9.42 Å². The predicted octanol–water partition coefficient (Wildman–Crippen LogP) is 1.87. The molecule has 4 nitrogen and oxygen atoms in total. The van der Waals surface area contributed by atoms with E-state index in [1.54, 1.807) is 6.20 Å². The van der Waals surface area contributed by atoms with Gasteiger partial charge in [-0.3, -0.25) is 0 Å². The van der Waals surface area contributed by atoms with E-state index in [9.17, 15) is 0 Å². The molecule has 0 saturated carbocycles. The number of rotatable bonds is 3. The molecule has 0 aliphatic carbocycles. The molecular formula is C5H9N2O2PS3. The van der Waals surface area contributed by atoms with E-state index < -0.39 is 5.69 Å². The van der Waals surface area contributed by atoms with Crippen LogP contribution in [0.1, 0.15) is 0 Å². The van der Waals surface area contributed by atoms with Crippen molar-refractivity contribution in [2.75, 3.05) is 6.61 Å². The second-order valence-corrected chi connectivity index (χ2v) is 7.47. The highest BCUT2D eigenvalue weighted by molar-refractivity contribution is 8.59. The molecule has 1 rings (SSSR count). The lowest BCUT2D eigenvalue weighted by Gasteiger charge is -2.04. The van der Waals surface area contributed by atoms with E-state index in [0.717, 1.165) is 0 Å².